The summed E-state index contributed by atoms with van der Waals surface area (Å²) in [7, 11) is -1.77. The van der Waals surface area contributed by atoms with Crippen LogP contribution in [0.15, 0.2) is 42.6 Å². The van der Waals surface area contributed by atoms with E-state index in [9.17, 15) is 13.2 Å². The summed E-state index contributed by atoms with van der Waals surface area (Å²) in [5.41, 5.74) is 7.92. The van der Waals surface area contributed by atoms with Crippen LogP contribution < -0.4 is 10.0 Å². The number of carbonyl (C=O) groups is 1. The van der Waals surface area contributed by atoms with Crippen molar-refractivity contribution in [3.8, 4) is 0 Å². The maximum absolute atomic E-state index is 13.6. The van der Waals surface area contributed by atoms with Crippen molar-refractivity contribution in [1.29, 1.82) is 0 Å². The lowest BCUT2D eigenvalue weighted by Crippen LogP contribution is -2.55. The molecule has 1 atom stereocenters. The highest BCUT2D eigenvalue weighted by atomic mass is 32.2. The first-order chi connectivity index (χ1) is 14.2. The molecule has 0 spiro atoms. The molecule has 1 saturated heterocycles. The third kappa shape index (κ3) is 4.86. The molecule has 30 heavy (non-hydrogen) atoms. The summed E-state index contributed by atoms with van der Waals surface area (Å²) in [6, 6.07) is 10.9. The second-order valence-corrected chi connectivity index (χ2v) is 9.56. The molecule has 1 fully saturated rings. The number of aryl methyl sites for hydroxylation is 1. The minimum atomic E-state index is -3.77. The molecule has 0 radical (unpaired) electrons. The molecule has 0 amide bonds. The second kappa shape index (κ2) is 9.22. The van der Waals surface area contributed by atoms with Crippen molar-refractivity contribution in [2.45, 2.75) is 26.4 Å². The van der Waals surface area contributed by atoms with Gasteiger partial charge in [-0.05, 0) is 50.7 Å². The molecular weight excluding hydrogens is 402 g/mol. The van der Waals surface area contributed by atoms with E-state index in [1.807, 2.05) is 39.1 Å². The standard InChI is InChI=1S/C21H29N5O3S/c1-16-5-4-6-20(11-16)26(15-19-8-7-18(13-23-19)21(27)12-22)30(28,29)25-10-9-24(3)17(2)14-25/h4-8,11,13,17H,9-10,12,14-15,22H2,1-3H3/t17-/m0/s1. The Morgan fingerprint density at radius 1 is 1.27 bits per heavy atom. The molecule has 9 heteroatoms. The number of piperazine rings is 1. The van der Waals surface area contributed by atoms with Crippen molar-refractivity contribution in [3.63, 3.8) is 0 Å². The summed E-state index contributed by atoms with van der Waals surface area (Å²) < 4.78 is 30.1. The van der Waals surface area contributed by atoms with Crippen LogP contribution in [0.25, 0.3) is 0 Å². The first-order valence-electron chi connectivity index (χ1n) is 9.95. The molecule has 1 aliphatic heterocycles. The fourth-order valence-electron chi connectivity index (χ4n) is 3.40. The van der Waals surface area contributed by atoms with Gasteiger partial charge in [0.2, 0.25) is 0 Å². The average molecular weight is 432 g/mol. The lowest BCUT2D eigenvalue weighted by atomic mass is 10.2. The SMILES string of the molecule is Cc1cccc(N(Cc2ccc(C(=O)CN)cn2)S(=O)(=O)N2CCN(C)[C@@H](C)C2)c1. The average Bonchev–Trinajstić information content (AvgIpc) is 2.73. The topological polar surface area (TPSA) is 99.8 Å². The van der Waals surface area contributed by atoms with Crippen LogP contribution in [0.1, 0.15) is 28.5 Å². The summed E-state index contributed by atoms with van der Waals surface area (Å²) in [5, 5.41) is 0. The van der Waals surface area contributed by atoms with Gasteiger partial charge >= 0.3 is 10.2 Å². The van der Waals surface area contributed by atoms with Crippen LogP contribution in [0.5, 0.6) is 0 Å². The van der Waals surface area contributed by atoms with E-state index in [1.54, 1.807) is 18.2 Å². The lowest BCUT2D eigenvalue weighted by Gasteiger charge is -2.39. The first-order valence-corrected chi connectivity index (χ1v) is 11.3. The van der Waals surface area contributed by atoms with Crippen molar-refractivity contribution in [1.82, 2.24) is 14.2 Å². The fraction of sp³-hybridized carbons (Fsp3) is 0.429. The van der Waals surface area contributed by atoms with E-state index in [1.165, 1.54) is 14.8 Å². The molecule has 2 aromatic rings. The van der Waals surface area contributed by atoms with E-state index in [2.05, 4.69) is 9.88 Å². The minimum absolute atomic E-state index is 0.0730. The van der Waals surface area contributed by atoms with Crippen LogP contribution in [0.4, 0.5) is 5.69 Å². The van der Waals surface area contributed by atoms with Gasteiger partial charge in [0.25, 0.3) is 0 Å². The van der Waals surface area contributed by atoms with Crippen LogP contribution in [0, 0.1) is 6.92 Å². The van der Waals surface area contributed by atoms with Crippen molar-refractivity contribution >= 4 is 21.7 Å². The zero-order chi connectivity index (χ0) is 21.9. The predicted octanol–water partition coefficient (Wildman–Crippen LogP) is 1.42. The third-order valence-electron chi connectivity index (χ3n) is 5.45. The molecule has 1 aromatic heterocycles. The van der Waals surface area contributed by atoms with Gasteiger partial charge in [0, 0.05) is 37.4 Å². The van der Waals surface area contributed by atoms with Gasteiger partial charge in [-0.1, -0.05) is 12.1 Å². The van der Waals surface area contributed by atoms with Gasteiger partial charge in [-0.2, -0.15) is 12.7 Å². The van der Waals surface area contributed by atoms with E-state index in [0.717, 1.165) is 5.56 Å². The van der Waals surface area contributed by atoms with E-state index in [-0.39, 0.29) is 24.9 Å². The number of Topliss-reactive ketones (excluding diaryl/α,β-unsaturated/α-hetero) is 1. The highest BCUT2D eigenvalue weighted by Crippen LogP contribution is 2.25. The quantitative estimate of drug-likeness (QED) is 0.666. The van der Waals surface area contributed by atoms with Crippen molar-refractivity contribution < 1.29 is 13.2 Å². The van der Waals surface area contributed by atoms with Gasteiger partial charge in [-0.25, -0.2) is 0 Å². The molecule has 2 heterocycles. The lowest BCUT2D eigenvalue weighted by molar-refractivity contribution is 0.100. The minimum Gasteiger partial charge on any atom is -0.324 e. The number of anilines is 1. The highest BCUT2D eigenvalue weighted by molar-refractivity contribution is 7.90. The summed E-state index contributed by atoms with van der Waals surface area (Å²) in [6.45, 7) is 5.47. The summed E-state index contributed by atoms with van der Waals surface area (Å²) in [5.74, 6) is -0.205. The Labute approximate surface area is 178 Å². The van der Waals surface area contributed by atoms with E-state index in [0.29, 0.717) is 36.6 Å². The molecule has 162 valence electrons. The van der Waals surface area contributed by atoms with Crippen molar-refractivity contribution in [2.24, 2.45) is 5.73 Å². The zero-order valence-corrected chi connectivity index (χ0v) is 18.5. The van der Waals surface area contributed by atoms with Gasteiger partial charge in [0.15, 0.2) is 5.78 Å². The summed E-state index contributed by atoms with van der Waals surface area (Å²) in [6.07, 6.45) is 1.45. The maximum atomic E-state index is 13.6. The second-order valence-electron chi connectivity index (χ2n) is 7.71. The van der Waals surface area contributed by atoms with Crippen LogP contribution in [-0.2, 0) is 16.8 Å². The third-order valence-corrected chi connectivity index (χ3v) is 7.34. The molecule has 0 bridgehead atoms. The molecule has 0 saturated carbocycles. The summed E-state index contributed by atoms with van der Waals surface area (Å²) in [4.78, 5) is 18.2. The van der Waals surface area contributed by atoms with Crippen LogP contribution in [-0.4, -0.2) is 67.7 Å². The highest BCUT2D eigenvalue weighted by Gasteiger charge is 2.34. The van der Waals surface area contributed by atoms with Crippen molar-refractivity contribution in [2.75, 3.05) is 37.5 Å². The van der Waals surface area contributed by atoms with Crippen LogP contribution >= 0.6 is 0 Å². The summed E-state index contributed by atoms with van der Waals surface area (Å²) >= 11 is 0. The van der Waals surface area contributed by atoms with Crippen LogP contribution in [0.2, 0.25) is 0 Å². The molecular formula is C21H29N5O3S. The maximum Gasteiger partial charge on any atom is 0.304 e. The molecule has 1 aliphatic rings. The molecule has 3 rings (SSSR count). The molecule has 2 N–H and O–H groups in total. The van der Waals surface area contributed by atoms with Gasteiger partial charge in [0.05, 0.1) is 24.5 Å². The Morgan fingerprint density at radius 2 is 2.03 bits per heavy atom. The number of nitrogens with two attached hydrogens (primary N) is 1. The number of ketones is 1. The van der Waals surface area contributed by atoms with E-state index >= 15 is 0 Å². The largest absolute Gasteiger partial charge is 0.324 e. The number of aromatic nitrogens is 1. The Hall–Kier alpha value is -2.33. The Balaban J connectivity index is 1.94. The number of carbonyl (C=O) groups excluding carboxylic acids is 1. The smallest absolute Gasteiger partial charge is 0.304 e. The number of benzene rings is 1. The van der Waals surface area contributed by atoms with Gasteiger partial charge < -0.3 is 10.6 Å². The predicted molar refractivity (Wildman–Crippen MR) is 118 cm³/mol. The number of hydrogen-bond donors (Lipinski definition) is 1. The monoisotopic (exact) mass is 431 g/mol. The molecule has 0 unspecified atom stereocenters. The van der Waals surface area contributed by atoms with Crippen molar-refractivity contribution in [3.05, 3.63) is 59.4 Å². The molecule has 1 aromatic carbocycles. The number of rotatable bonds is 7. The van der Waals surface area contributed by atoms with E-state index in [4.69, 9.17) is 5.73 Å². The van der Waals surface area contributed by atoms with E-state index < -0.39 is 10.2 Å². The first kappa shape index (κ1) is 22.4. The van der Waals surface area contributed by atoms with Gasteiger partial charge in [0.1, 0.15) is 0 Å². The molecule has 0 aliphatic carbocycles. The number of nitrogens with zero attached hydrogens (tertiary/aromatic N) is 4. The van der Waals surface area contributed by atoms with Gasteiger partial charge in [-0.3, -0.25) is 14.1 Å². The Kier molecular flexibility index (Phi) is 6.87. The Morgan fingerprint density at radius 3 is 2.63 bits per heavy atom. The normalized spacial score (nSPS) is 18.3. The fourth-order valence-corrected chi connectivity index (χ4v) is 5.07. The number of pyridine rings is 1. The Bertz CT molecular complexity index is 994. The van der Waals surface area contributed by atoms with Gasteiger partial charge in [-0.15, -0.1) is 0 Å². The van der Waals surface area contributed by atoms with Crippen LogP contribution in [0.3, 0.4) is 0 Å². The zero-order valence-electron chi connectivity index (χ0n) is 17.7. The molecule has 8 nitrogen and oxygen atoms in total. The number of likely N-dealkylation sites (N-methyl/N-ethyl adjacent to an activating group) is 1. The number of hydrogen-bond acceptors (Lipinski definition) is 6.